The lowest BCUT2D eigenvalue weighted by molar-refractivity contribution is 0.167. The average Bonchev–Trinajstić information content (AvgIpc) is 2.60. The van der Waals surface area contributed by atoms with Crippen LogP contribution < -0.4 is 20.5 Å². The third-order valence-corrected chi connectivity index (χ3v) is 5.02. The van der Waals surface area contributed by atoms with E-state index in [4.69, 9.17) is 15.2 Å². The van der Waals surface area contributed by atoms with Crippen molar-refractivity contribution < 1.29 is 9.47 Å². The number of methoxy groups -OCH3 is 2. The monoisotopic (exact) mass is 461 g/mol. The van der Waals surface area contributed by atoms with E-state index in [0.29, 0.717) is 17.5 Å². The van der Waals surface area contributed by atoms with Gasteiger partial charge in [-0.3, -0.25) is 4.99 Å². The maximum atomic E-state index is 6.07. The van der Waals surface area contributed by atoms with Gasteiger partial charge >= 0.3 is 0 Å². The van der Waals surface area contributed by atoms with Gasteiger partial charge in [0.25, 0.3) is 0 Å². The molecule has 0 atom stereocenters. The summed E-state index contributed by atoms with van der Waals surface area (Å²) in [6.45, 7) is 5.34. The Morgan fingerprint density at radius 3 is 2.40 bits per heavy atom. The Morgan fingerprint density at radius 2 is 1.80 bits per heavy atom. The minimum atomic E-state index is 0. The number of hydrogen-bond donors (Lipinski definition) is 2. The zero-order valence-corrected chi connectivity index (χ0v) is 18.1. The molecule has 0 aromatic heterocycles. The number of benzene rings is 1. The van der Waals surface area contributed by atoms with Crippen LogP contribution in [0.2, 0.25) is 0 Å². The number of hydrogen-bond acceptors (Lipinski definition) is 3. The molecule has 0 aliphatic heterocycles. The molecule has 1 fully saturated rings. The van der Waals surface area contributed by atoms with Crippen LogP contribution in [0.3, 0.4) is 0 Å². The molecule has 1 aromatic carbocycles. The molecule has 0 bridgehead atoms. The van der Waals surface area contributed by atoms with Gasteiger partial charge in [-0.25, -0.2) is 0 Å². The lowest BCUT2D eigenvalue weighted by Crippen LogP contribution is -2.31. The fourth-order valence-corrected chi connectivity index (χ4v) is 3.40. The highest BCUT2D eigenvalue weighted by Gasteiger charge is 2.30. The molecule has 1 saturated carbocycles. The lowest BCUT2D eigenvalue weighted by atomic mass is 9.71. The Morgan fingerprint density at radius 1 is 1.16 bits per heavy atom. The average molecular weight is 461 g/mol. The van der Waals surface area contributed by atoms with E-state index < -0.39 is 0 Å². The van der Waals surface area contributed by atoms with E-state index >= 15 is 0 Å². The molecule has 1 aromatic rings. The quantitative estimate of drug-likeness (QED) is 0.368. The summed E-state index contributed by atoms with van der Waals surface area (Å²) in [5, 5.41) is 3.14. The predicted octanol–water partition coefficient (Wildman–Crippen LogP) is 4.65. The number of guanidine groups is 1. The second kappa shape index (κ2) is 10.1. The van der Waals surface area contributed by atoms with E-state index in [-0.39, 0.29) is 29.4 Å². The van der Waals surface area contributed by atoms with E-state index in [2.05, 4.69) is 24.2 Å². The van der Waals surface area contributed by atoms with Gasteiger partial charge in [0, 0.05) is 18.3 Å². The summed E-state index contributed by atoms with van der Waals surface area (Å²) in [6, 6.07) is 5.60. The molecule has 1 aliphatic carbocycles. The SMILES string of the molecule is COc1ccc(NC(N)=NCC(C)(C)C2CCCCC2)cc1OC.I. The molecule has 142 valence electrons. The van der Waals surface area contributed by atoms with Crippen LogP contribution >= 0.6 is 24.0 Å². The molecule has 1 aliphatic rings. The molecule has 0 amide bonds. The molecule has 6 heteroatoms. The zero-order valence-electron chi connectivity index (χ0n) is 15.8. The molecule has 0 radical (unpaired) electrons. The molecule has 2 rings (SSSR count). The van der Waals surface area contributed by atoms with Crippen molar-refractivity contribution in [1.29, 1.82) is 0 Å². The van der Waals surface area contributed by atoms with Crippen molar-refractivity contribution >= 4 is 35.6 Å². The van der Waals surface area contributed by atoms with E-state index in [0.717, 1.165) is 18.2 Å². The number of nitrogens with zero attached hydrogens (tertiary/aromatic N) is 1. The first-order chi connectivity index (χ1) is 11.5. The molecule has 25 heavy (non-hydrogen) atoms. The van der Waals surface area contributed by atoms with Crippen LogP contribution in [0.5, 0.6) is 11.5 Å². The molecule has 5 nitrogen and oxygen atoms in total. The smallest absolute Gasteiger partial charge is 0.193 e. The first kappa shape index (κ1) is 21.9. The van der Waals surface area contributed by atoms with E-state index in [1.54, 1.807) is 14.2 Å². The minimum absolute atomic E-state index is 0. The van der Waals surface area contributed by atoms with Crippen molar-refractivity contribution in [2.75, 3.05) is 26.1 Å². The van der Waals surface area contributed by atoms with Crippen LogP contribution in [0.25, 0.3) is 0 Å². The van der Waals surface area contributed by atoms with Crippen molar-refractivity contribution in [3.63, 3.8) is 0 Å². The molecular weight excluding hydrogens is 429 g/mol. The summed E-state index contributed by atoms with van der Waals surface area (Å²) in [4.78, 5) is 4.58. The second-order valence-electron chi connectivity index (χ2n) is 7.22. The normalized spacial score (nSPS) is 16.1. The Hall–Kier alpha value is -1.18. The number of nitrogens with one attached hydrogen (secondary N) is 1. The van der Waals surface area contributed by atoms with Gasteiger partial charge in [0.2, 0.25) is 0 Å². The van der Waals surface area contributed by atoms with Crippen molar-refractivity contribution in [1.82, 2.24) is 0 Å². The fourth-order valence-electron chi connectivity index (χ4n) is 3.40. The van der Waals surface area contributed by atoms with Crippen LogP contribution in [0.15, 0.2) is 23.2 Å². The van der Waals surface area contributed by atoms with E-state index in [9.17, 15) is 0 Å². The Kier molecular flexibility index (Phi) is 8.82. The molecule has 0 spiro atoms. The summed E-state index contributed by atoms with van der Waals surface area (Å²) in [5.41, 5.74) is 7.09. The third-order valence-electron chi connectivity index (χ3n) is 5.02. The zero-order chi connectivity index (χ0) is 17.6. The van der Waals surface area contributed by atoms with Crippen molar-refractivity contribution in [2.24, 2.45) is 22.1 Å². The number of anilines is 1. The molecule has 0 unspecified atom stereocenters. The van der Waals surface area contributed by atoms with Gasteiger partial charge in [-0.05, 0) is 36.3 Å². The van der Waals surface area contributed by atoms with Gasteiger partial charge < -0.3 is 20.5 Å². The highest BCUT2D eigenvalue weighted by atomic mass is 127. The summed E-state index contributed by atoms with van der Waals surface area (Å²) in [6.07, 6.45) is 6.68. The summed E-state index contributed by atoms with van der Waals surface area (Å²) < 4.78 is 10.5. The van der Waals surface area contributed by atoms with Gasteiger partial charge in [0.1, 0.15) is 0 Å². The first-order valence-corrected chi connectivity index (χ1v) is 8.75. The first-order valence-electron chi connectivity index (χ1n) is 8.75. The topological polar surface area (TPSA) is 68.9 Å². The van der Waals surface area contributed by atoms with Crippen molar-refractivity contribution in [2.45, 2.75) is 46.0 Å². The number of ether oxygens (including phenoxy) is 2. The van der Waals surface area contributed by atoms with Gasteiger partial charge in [-0.2, -0.15) is 0 Å². The van der Waals surface area contributed by atoms with E-state index in [1.165, 1.54) is 32.1 Å². The fraction of sp³-hybridized carbons (Fsp3) is 0.632. The number of aliphatic imine (C=N–C) groups is 1. The third kappa shape index (κ3) is 6.24. The molecule has 3 N–H and O–H groups in total. The largest absolute Gasteiger partial charge is 0.493 e. The highest BCUT2D eigenvalue weighted by Crippen LogP contribution is 2.38. The van der Waals surface area contributed by atoms with Crippen molar-refractivity contribution in [3.8, 4) is 11.5 Å². The van der Waals surface area contributed by atoms with Crippen LogP contribution in [-0.2, 0) is 0 Å². The van der Waals surface area contributed by atoms with Crippen molar-refractivity contribution in [3.05, 3.63) is 18.2 Å². The molecule has 0 saturated heterocycles. The Bertz CT molecular complexity index is 570. The van der Waals surface area contributed by atoms with Gasteiger partial charge in [0.15, 0.2) is 17.5 Å². The number of rotatable bonds is 6. The van der Waals surface area contributed by atoms with Crippen LogP contribution in [0.4, 0.5) is 5.69 Å². The van der Waals surface area contributed by atoms with Gasteiger partial charge in [-0.1, -0.05) is 33.1 Å². The minimum Gasteiger partial charge on any atom is -0.493 e. The van der Waals surface area contributed by atoms with Crippen LogP contribution in [-0.4, -0.2) is 26.7 Å². The van der Waals surface area contributed by atoms with Gasteiger partial charge in [0.05, 0.1) is 14.2 Å². The molecule has 0 heterocycles. The highest BCUT2D eigenvalue weighted by molar-refractivity contribution is 14.0. The lowest BCUT2D eigenvalue weighted by Gasteiger charge is -2.36. The Balaban J connectivity index is 0.00000312. The van der Waals surface area contributed by atoms with E-state index in [1.807, 2.05) is 18.2 Å². The predicted molar refractivity (Wildman–Crippen MR) is 115 cm³/mol. The van der Waals surface area contributed by atoms with Crippen LogP contribution in [0, 0.1) is 11.3 Å². The summed E-state index contributed by atoms with van der Waals surface area (Å²) in [7, 11) is 3.24. The molecular formula is C19H32IN3O2. The Labute approximate surface area is 168 Å². The summed E-state index contributed by atoms with van der Waals surface area (Å²) >= 11 is 0. The number of nitrogens with two attached hydrogens (primary N) is 1. The number of halogens is 1. The van der Waals surface area contributed by atoms with Gasteiger partial charge in [-0.15, -0.1) is 24.0 Å². The second-order valence-corrected chi connectivity index (χ2v) is 7.22. The standard InChI is InChI=1S/C19H31N3O2.HI/c1-19(2,14-8-6-5-7-9-14)13-21-18(20)22-15-10-11-16(23-3)17(12-15)24-4;/h10-12,14H,5-9,13H2,1-4H3,(H3,20,21,22);1H. The maximum Gasteiger partial charge on any atom is 0.193 e. The van der Waals surface area contributed by atoms with Crippen LogP contribution in [0.1, 0.15) is 46.0 Å². The maximum absolute atomic E-state index is 6.07. The summed E-state index contributed by atoms with van der Waals surface area (Å²) in [5.74, 6) is 2.53.